The van der Waals surface area contributed by atoms with E-state index < -0.39 is 18.5 Å². The fourth-order valence-corrected chi connectivity index (χ4v) is 0.809. The number of nitrogen functional groups attached to an aromatic ring is 1. The van der Waals surface area contributed by atoms with Gasteiger partial charge in [0.2, 0.25) is 0 Å². The number of aromatic nitrogens is 2. The molecule has 1 aromatic rings. The normalized spacial score (nSPS) is 13.2. The molecule has 0 aliphatic rings. The van der Waals surface area contributed by atoms with E-state index in [9.17, 15) is 22.0 Å². The molecule has 0 amide bonds. The lowest BCUT2D eigenvalue weighted by molar-refractivity contribution is -0.281. The average molecular weight is 215 g/mol. The first-order valence-corrected chi connectivity index (χ1v) is 3.47. The number of H-pyrrole nitrogens is 1. The maximum absolute atomic E-state index is 12.4. The summed E-state index contributed by atoms with van der Waals surface area (Å²) in [5.41, 5.74) is 4.68. The Morgan fingerprint density at radius 1 is 1.29 bits per heavy atom. The summed E-state index contributed by atoms with van der Waals surface area (Å²) in [7, 11) is 0. The van der Waals surface area contributed by atoms with Gasteiger partial charge in [-0.15, -0.1) is 0 Å². The highest BCUT2D eigenvalue weighted by molar-refractivity contribution is 5.28. The van der Waals surface area contributed by atoms with Crippen molar-refractivity contribution in [3.63, 3.8) is 0 Å². The van der Waals surface area contributed by atoms with E-state index in [1.165, 1.54) is 0 Å². The summed E-state index contributed by atoms with van der Waals surface area (Å²) in [5, 5.41) is 5.21. The highest BCUT2D eigenvalue weighted by atomic mass is 19.4. The van der Waals surface area contributed by atoms with E-state index >= 15 is 0 Å². The second kappa shape index (κ2) is 3.10. The molecule has 80 valence electrons. The SMILES string of the molecule is Nc1cc(CC(F)(F)C(F)(F)F)[nH]n1. The molecule has 3 N–H and O–H groups in total. The molecule has 1 aromatic heterocycles. The van der Waals surface area contributed by atoms with Gasteiger partial charge in [0.1, 0.15) is 5.82 Å². The molecular weight excluding hydrogens is 209 g/mol. The predicted molar refractivity (Wildman–Crippen MR) is 37.7 cm³/mol. The van der Waals surface area contributed by atoms with Crippen LogP contribution in [0.4, 0.5) is 27.8 Å². The Hall–Kier alpha value is -1.34. The van der Waals surface area contributed by atoms with Gasteiger partial charge in [-0.05, 0) is 0 Å². The third-order valence-electron chi connectivity index (χ3n) is 1.48. The maximum Gasteiger partial charge on any atom is 0.453 e. The van der Waals surface area contributed by atoms with Crippen LogP contribution in [0.25, 0.3) is 0 Å². The lowest BCUT2D eigenvalue weighted by atomic mass is 10.2. The number of rotatable bonds is 2. The largest absolute Gasteiger partial charge is 0.453 e. The van der Waals surface area contributed by atoms with Gasteiger partial charge in [-0.25, -0.2) is 0 Å². The van der Waals surface area contributed by atoms with E-state index in [1.54, 1.807) is 0 Å². The predicted octanol–water partition coefficient (Wildman–Crippen LogP) is 1.73. The number of hydrogen-bond acceptors (Lipinski definition) is 2. The lowest BCUT2D eigenvalue weighted by Crippen LogP contribution is -2.38. The van der Waals surface area contributed by atoms with Crippen molar-refractivity contribution in [1.29, 1.82) is 0 Å². The van der Waals surface area contributed by atoms with Gasteiger partial charge < -0.3 is 5.73 Å². The van der Waals surface area contributed by atoms with Crippen molar-refractivity contribution >= 4 is 5.82 Å². The summed E-state index contributed by atoms with van der Waals surface area (Å²) in [6, 6.07) is 0.930. The van der Waals surface area contributed by atoms with E-state index in [2.05, 4.69) is 5.10 Å². The molecule has 14 heavy (non-hydrogen) atoms. The van der Waals surface area contributed by atoms with Gasteiger partial charge in [-0.2, -0.15) is 27.1 Å². The van der Waals surface area contributed by atoms with Gasteiger partial charge in [0, 0.05) is 11.8 Å². The molecule has 0 radical (unpaired) electrons. The second-order valence-corrected chi connectivity index (χ2v) is 2.70. The van der Waals surface area contributed by atoms with Crippen LogP contribution >= 0.6 is 0 Å². The topological polar surface area (TPSA) is 54.7 Å². The summed E-state index contributed by atoms with van der Waals surface area (Å²) in [4.78, 5) is 0. The lowest BCUT2D eigenvalue weighted by Gasteiger charge is -2.18. The number of nitrogens with one attached hydrogen (secondary N) is 1. The Bertz CT molecular complexity index is 316. The maximum atomic E-state index is 12.4. The Morgan fingerprint density at radius 3 is 2.21 bits per heavy atom. The standard InChI is InChI=1S/C6H6F5N3/c7-5(8,6(9,10)11)2-3-1-4(12)14-13-3/h1H,2H2,(H3,12,13,14). The highest BCUT2D eigenvalue weighted by Gasteiger charge is 2.57. The van der Waals surface area contributed by atoms with Crippen LogP contribution in [0.3, 0.4) is 0 Å². The van der Waals surface area contributed by atoms with E-state index in [1.807, 2.05) is 5.10 Å². The minimum atomic E-state index is -5.56. The molecule has 0 atom stereocenters. The van der Waals surface area contributed by atoms with Crippen LogP contribution in [0, 0.1) is 0 Å². The van der Waals surface area contributed by atoms with Crippen LogP contribution in [0.2, 0.25) is 0 Å². The Labute approximate surface area is 75.1 Å². The van der Waals surface area contributed by atoms with Crippen molar-refractivity contribution in [2.45, 2.75) is 18.5 Å². The molecule has 0 aromatic carbocycles. The molecule has 0 spiro atoms. The summed E-state index contributed by atoms with van der Waals surface area (Å²) in [6.07, 6.45) is -7.05. The number of hydrogen-bond donors (Lipinski definition) is 2. The van der Waals surface area contributed by atoms with Gasteiger partial charge in [0.05, 0.1) is 6.42 Å². The quantitative estimate of drug-likeness (QED) is 0.738. The number of nitrogens with two attached hydrogens (primary N) is 1. The van der Waals surface area contributed by atoms with Crippen LogP contribution in [-0.4, -0.2) is 22.3 Å². The molecule has 0 bridgehead atoms. The van der Waals surface area contributed by atoms with E-state index in [0.29, 0.717) is 0 Å². The first-order valence-electron chi connectivity index (χ1n) is 3.47. The van der Waals surface area contributed by atoms with E-state index in [4.69, 9.17) is 5.73 Å². The van der Waals surface area contributed by atoms with E-state index in [-0.39, 0.29) is 11.5 Å². The number of anilines is 1. The minimum Gasteiger partial charge on any atom is -0.382 e. The number of aromatic amines is 1. The van der Waals surface area contributed by atoms with Crippen molar-refractivity contribution in [2.75, 3.05) is 5.73 Å². The molecular formula is C6H6F5N3. The fourth-order valence-electron chi connectivity index (χ4n) is 0.809. The summed E-state index contributed by atoms with van der Waals surface area (Å²) >= 11 is 0. The summed E-state index contributed by atoms with van der Waals surface area (Å²) in [6.45, 7) is 0. The van der Waals surface area contributed by atoms with Gasteiger partial charge >= 0.3 is 12.1 Å². The van der Waals surface area contributed by atoms with Crippen molar-refractivity contribution in [3.8, 4) is 0 Å². The molecule has 0 aliphatic heterocycles. The van der Waals surface area contributed by atoms with E-state index in [0.717, 1.165) is 6.07 Å². The van der Waals surface area contributed by atoms with Gasteiger partial charge in [0.25, 0.3) is 0 Å². The molecule has 0 fully saturated rings. The molecule has 0 saturated carbocycles. The minimum absolute atomic E-state index is 0.127. The molecule has 3 nitrogen and oxygen atoms in total. The molecule has 0 aliphatic carbocycles. The Balaban J connectivity index is 2.78. The molecule has 0 saturated heterocycles. The zero-order valence-electron chi connectivity index (χ0n) is 6.70. The third kappa shape index (κ3) is 2.12. The average Bonchev–Trinajstić information content (AvgIpc) is 2.31. The van der Waals surface area contributed by atoms with Gasteiger partial charge in [-0.3, -0.25) is 5.10 Å². The van der Waals surface area contributed by atoms with Crippen molar-refractivity contribution in [3.05, 3.63) is 11.8 Å². The van der Waals surface area contributed by atoms with Crippen LogP contribution in [0.5, 0.6) is 0 Å². The fraction of sp³-hybridized carbons (Fsp3) is 0.500. The molecule has 8 heteroatoms. The number of alkyl halides is 5. The van der Waals surface area contributed by atoms with Crippen LogP contribution in [0.1, 0.15) is 5.69 Å². The monoisotopic (exact) mass is 215 g/mol. The highest BCUT2D eigenvalue weighted by Crippen LogP contribution is 2.37. The number of nitrogens with zero attached hydrogens (tertiary/aromatic N) is 1. The first kappa shape index (κ1) is 10.7. The number of halogens is 5. The Morgan fingerprint density at radius 2 is 1.86 bits per heavy atom. The zero-order valence-corrected chi connectivity index (χ0v) is 6.70. The van der Waals surface area contributed by atoms with Gasteiger partial charge in [-0.1, -0.05) is 0 Å². The molecule has 1 rings (SSSR count). The third-order valence-corrected chi connectivity index (χ3v) is 1.48. The first-order chi connectivity index (χ1) is 6.22. The van der Waals surface area contributed by atoms with Crippen LogP contribution < -0.4 is 5.73 Å². The van der Waals surface area contributed by atoms with Crippen molar-refractivity contribution < 1.29 is 22.0 Å². The van der Waals surface area contributed by atoms with Crippen LogP contribution in [0.15, 0.2) is 6.07 Å². The zero-order chi connectivity index (χ0) is 11.0. The molecule has 0 unspecified atom stereocenters. The van der Waals surface area contributed by atoms with Crippen molar-refractivity contribution in [2.24, 2.45) is 0 Å². The molecule has 1 heterocycles. The summed E-state index contributed by atoms with van der Waals surface area (Å²) < 4.78 is 60.0. The van der Waals surface area contributed by atoms with Crippen molar-refractivity contribution in [1.82, 2.24) is 10.2 Å². The van der Waals surface area contributed by atoms with Gasteiger partial charge in [0.15, 0.2) is 0 Å². The second-order valence-electron chi connectivity index (χ2n) is 2.70. The van der Waals surface area contributed by atoms with Crippen LogP contribution in [-0.2, 0) is 6.42 Å². The Kier molecular flexibility index (Phi) is 2.38. The summed E-state index contributed by atoms with van der Waals surface area (Å²) in [5.74, 6) is -4.90. The smallest absolute Gasteiger partial charge is 0.382 e.